The fourth-order valence-electron chi connectivity index (χ4n) is 3.88. The largest absolute Gasteiger partial charge is 0.478 e. The first-order valence-electron chi connectivity index (χ1n) is 9.09. The lowest BCUT2D eigenvalue weighted by molar-refractivity contribution is -0.253. The van der Waals surface area contributed by atoms with Crippen molar-refractivity contribution in [3.05, 3.63) is 12.2 Å². The molecular formula is C19H35NO5. The molecule has 146 valence electrons. The summed E-state index contributed by atoms with van der Waals surface area (Å²) in [6, 6.07) is 0. The lowest BCUT2D eigenvalue weighted by Crippen LogP contribution is -2.59. The van der Waals surface area contributed by atoms with Crippen LogP contribution in [0.15, 0.2) is 12.2 Å². The highest BCUT2D eigenvalue weighted by Crippen LogP contribution is 2.39. The summed E-state index contributed by atoms with van der Waals surface area (Å²) in [5.74, 6) is -0.510. The molecule has 0 aromatic carbocycles. The molecule has 6 heteroatoms. The number of hydroxylamine groups is 2. The van der Waals surface area contributed by atoms with Crippen LogP contribution in [0.1, 0.15) is 59.8 Å². The van der Waals surface area contributed by atoms with Crippen LogP contribution in [0.3, 0.4) is 0 Å². The van der Waals surface area contributed by atoms with Gasteiger partial charge < -0.3 is 19.8 Å². The molecule has 0 aromatic heterocycles. The normalized spacial score (nSPS) is 22.3. The molecular weight excluding hydrogens is 322 g/mol. The summed E-state index contributed by atoms with van der Waals surface area (Å²) in [5.41, 5.74) is -0.476. The van der Waals surface area contributed by atoms with Crippen LogP contribution in [0, 0.1) is 5.92 Å². The molecule has 1 heterocycles. The van der Waals surface area contributed by atoms with E-state index in [-0.39, 0.29) is 17.2 Å². The average Bonchev–Trinajstić information content (AvgIpc) is 2.50. The molecule has 1 rings (SSSR count). The fraction of sp³-hybridized carbons (Fsp3) is 0.842. The number of carboxylic acids is 1. The second-order valence-electron chi connectivity index (χ2n) is 8.25. The molecule has 0 bridgehead atoms. The molecule has 0 aromatic rings. The summed E-state index contributed by atoms with van der Waals surface area (Å²) in [7, 11) is 1.59. The SMILES string of the molecule is COC(C=CC(=O)O)CCCCOCC1CC(C)(C)N(O)C(C)(C)C1. The third-order valence-corrected chi connectivity index (χ3v) is 4.86. The van der Waals surface area contributed by atoms with Gasteiger partial charge in [-0.2, -0.15) is 5.06 Å². The van der Waals surface area contributed by atoms with Crippen molar-refractivity contribution in [2.24, 2.45) is 5.92 Å². The number of hydrogen-bond acceptors (Lipinski definition) is 5. The molecule has 1 fully saturated rings. The molecule has 2 N–H and O–H groups in total. The Morgan fingerprint density at radius 2 is 1.84 bits per heavy atom. The zero-order valence-corrected chi connectivity index (χ0v) is 16.3. The van der Waals surface area contributed by atoms with Gasteiger partial charge in [-0.15, -0.1) is 0 Å². The van der Waals surface area contributed by atoms with Gasteiger partial charge in [0, 0.05) is 37.5 Å². The Morgan fingerprint density at radius 1 is 1.24 bits per heavy atom. The van der Waals surface area contributed by atoms with Crippen LogP contribution in [0.5, 0.6) is 0 Å². The molecule has 0 aliphatic carbocycles. The highest BCUT2D eigenvalue weighted by molar-refractivity contribution is 5.79. The van der Waals surface area contributed by atoms with Crippen LogP contribution in [0.4, 0.5) is 0 Å². The number of carbonyl (C=O) groups is 1. The molecule has 0 spiro atoms. The van der Waals surface area contributed by atoms with E-state index < -0.39 is 5.97 Å². The van der Waals surface area contributed by atoms with Crippen LogP contribution in [-0.2, 0) is 14.3 Å². The zero-order valence-electron chi connectivity index (χ0n) is 16.3. The van der Waals surface area contributed by atoms with E-state index in [1.54, 1.807) is 13.2 Å². The van der Waals surface area contributed by atoms with E-state index in [4.69, 9.17) is 14.6 Å². The Bertz CT molecular complexity index is 429. The lowest BCUT2D eigenvalue weighted by atomic mass is 9.75. The first-order chi connectivity index (χ1) is 11.6. The molecule has 1 saturated heterocycles. The summed E-state index contributed by atoms with van der Waals surface area (Å²) in [4.78, 5) is 10.5. The van der Waals surface area contributed by atoms with E-state index in [1.165, 1.54) is 5.06 Å². The van der Waals surface area contributed by atoms with Crippen LogP contribution < -0.4 is 0 Å². The number of methoxy groups -OCH3 is 1. The van der Waals surface area contributed by atoms with Crippen LogP contribution in [-0.4, -0.2) is 58.9 Å². The molecule has 1 aliphatic heterocycles. The minimum atomic E-state index is -0.954. The van der Waals surface area contributed by atoms with Gasteiger partial charge in [-0.1, -0.05) is 0 Å². The topological polar surface area (TPSA) is 79.2 Å². The number of ether oxygens (including phenoxy) is 2. The Kier molecular flexibility index (Phi) is 8.54. The van der Waals surface area contributed by atoms with Crippen molar-refractivity contribution in [3.63, 3.8) is 0 Å². The number of hydrogen-bond donors (Lipinski definition) is 2. The van der Waals surface area contributed by atoms with Gasteiger partial charge in [0.15, 0.2) is 0 Å². The third-order valence-electron chi connectivity index (χ3n) is 4.86. The summed E-state index contributed by atoms with van der Waals surface area (Å²) >= 11 is 0. The van der Waals surface area contributed by atoms with E-state index >= 15 is 0 Å². The van der Waals surface area contributed by atoms with E-state index in [0.29, 0.717) is 19.1 Å². The number of unbranched alkanes of at least 4 members (excludes halogenated alkanes) is 1. The highest BCUT2D eigenvalue weighted by Gasteiger charge is 2.44. The lowest BCUT2D eigenvalue weighted by Gasteiger charge is -2.51. The van der Waals surface area contributed by atoms with Crippen LogP contribution >= 0.6 is 0 Å². The Morgan fingerprint density at radius 3 is 2.36 bits per heavy atom. The van der Waals surface area contributed by atoms with E-state index in [9.17, 15) is 10.0 Å². The zero-order chi connectivity index (χ0) is 19.1. The second kappa shape index (κ2) is 9.67. The molecule has 1 unspecified atom stereocenters. The highest BCUT2D eigenvalue weighted by atomic mass is 16.5. The number of rotatable bonds is 10. The van der Waals surface area contributed by atoms with Crippen molar-refractivity contribution in [2.45, 2.75) is 77.0 Å². The van der Waals surface area contributed by atoms with E-state index in [0.717, 1.165) is 38.2 Å². The maximum Gasteiger partial charge on any atom is 0.328 e. The van der Waals surface area contributed by atoms with Gasteiger partial charge in [0.05, 0.1) is 6.10 Å². The maximum absolute atomic E-state index is 10.5. The number of carboxylic acid groups (broad SMARTS) is 1. The monoisotopic (exact) mass is 357 g/mol. The summed E-state index contributed by atoms with van der Waals surface area (Å²) in [6.07, 6.45) is 7.01. The fourth-order valence-corrected chi connectivity index (χ4v) is 3.88. The Labute approximate surface area is 151 Å². The predicted octanol–water partition coefficient (Wildman–Crippen LogP) is 3.49. The standard InChI is InChI=1S/C19H35NO5/c1-18(2)12-15(13-19(3,4)20(18)23)14-25-11-7-6-8-16(24-5)9-10-17(21)22/h9-10,15-16,23H,6-8,11-14H2,1-5H3,(H,21,22). The van der Waals surface area contributed by atoms with Crippen LogP contribution in [0.25, 0.3) is 0 Å². The Hall–Kier alpha value is -0.950. The van der Waals surface area contributed by atoms with Crippen molar-refractivity contribution in [2.75, 3.05) is 20.3 Å². The van der Waals surface area contributed by atoms with E-state index in [1.807, 2.05) is 0 Å². The van der Waals surface area contributed by atoms with Gasteiger partial charge in [-0.3, -0.25) is 0 Å². The van der Waals surface area contributed by atoms with E-state index in [2.05, 4.69) is 27.7 Å². The number of piperidine rings is 1. The van der Waals surface area contributed by atoms with Crippen molar-refractivity contribution < 1.29 is 24.6 Å². The van der Waals surface area contributed by atoms with Gasteiger partial charge >= 0.3 is 5.97 Å². The number of aliphatic carboxylic acids is 1. The first-order valence-corrected chi connectivity index (χ1v) is 9.09. The minimum absolute atomic E-state index is 0.161. The molecule has 1 atom stereocenters. The van der Waals surface area contributed by atoms with Crippen LogP contribution in [0.2, 0.25) is 0 Å². The van der Waals surface area contributed by atoms with Crippen molar-refractivity contribution in [1.82, 2.24) is 5.06 Å². The number of nitrogens with zero attached hydrogens (tertiary/aromatic N) is 1. The molecule has 6 nitrogen and oxygen atoms in total. The van der Waals surface area contributed by atoms with Crippen molar-refractivity contribution in [3.8, 4) is 0 Å². The second-order valence-corrected chi connectivity index (χ2v) is 8.25. The summed E-state index contributed by atoms with van der Waals surface area (Å²) < 4.78 is 11.1. The molecule has 25 heavy (non-hydrogen) atoms. The third kappa shape index (κ3) is 7.44. The van der Waals surface area contributed by atoms with Gasteiger partial charge in [0.1, 0.15) is 0 Å². The summed E-state index contributed by atoms with van der Waals surface area (Å²) in [5, 5.41) is 20.4. The van der Waals surface area contributed by atoms with Gasteiger partial charge in [-0.05, 0) is 71.8 Å². The van der Waals surface area contributed by atoms with Crippen molar-refractivity contribution in [1.29, 1.82) is 0 Å². The smallest absolute Gasteiger partial charge is 0.328 e. The van der Waals surface area contributed by atoms with Gasteiger partial charge in [0.25, 0.3) is 0 Å². The molecule has 0 radical (unpaired) electrons. The van der Waals surface area contributed by atoms with Gasteiger partial charge in [-0.25, -0.2) is 4.79 Å². The average molecular weight is 357 g/mol. The molecule has 1 aliphatic rings. The van der Waals surface area contributed by atoms with Gasteiger partial charge in [0.2, 0.25) is 0 Å². The maximum atomic E-state index is 10.5. The van der Waals surface area contributed by atoms with Crippen molar-refractivity contribution >= 4 is 5.97 Å². The quantitative estimate of drug-likeness (QED) is 0.460. The first kappa shape index (κ1) is 22.1. The predicted molar refractivity (Wildman–Crippen MR) is 96.8 cm³/mol. The summed E-state index contributed by atoms with van der Waals surface area (Å²) in [6.45, 7) is 9.67. The molecule has 0 saturated carbocycles. The minimum Gasteiger partial charge on any atom is -0.478 e. The Balaban J connectivity index is 2.24. The molecule has 0 amide bonds.